The van der Waals surface area contributed by atoms with Crippen LogP contribution in [-0.2, 0) is 9.53 Å². The van der Waals surface area contributed by atoms with Crippen LogP contribution in [0, 0.1) is 0 Å². The smallest absolute Gasteiger partial charge is 0.340 e. The van der Waals surface area contributed by atoms with Crippen LogP contribution in [0.25, 0.3) is 0 Å². The Kier molecular flexibility index (Phi) is 2.74. The molecule has 1 unspecified atom stereocenters. The van der Waals surface area contributed by atoms with Crippen molar-refractivity contribution in [1.29, 1.82) is 0 Å². The molecule has 0 saturated carbocycles. The van der Waals surface area contributed by atoms with Crippen LogP contribution in [0.4, 0.5) is 0 Å². The Morgan fingerprint density at radius 1 is 1.64 bits per heavy atom. The van der Waals surface area contributed by atoms with Crippen molar-refractivity contribution in [2.75, 3.05) is 6.61 Å². The number of pyridine rings is 1. The van der Waals surface area contributed by atoms with Crippen molar-refractivity contribution in [3.63, 3.8) is 0 Å². The van der Waals surface area contributed by atoms with E-state index in [-0.39, 0.29) is 5.97 Å². The standard InChI is InChI=1S/C10H11NO3/c12-10(9-4-2-6-13-9)14-8-3-1-5-11-7-8/h1,3,5,7,9H,2,4,6H2. The van der Waals surface area contributed by atoms with E-state index in [2.05, 4.69) is 4.98 Å². The molecule has 0 bridgehead atoms. The highest BCUT2D eigenvalue weighted by molar-refractivity contribution is 5.77. The van der Waals surface area contributed by atoms with Crippen LogP contribution < -0.4 is 4.74 Å². The zero-order valence-electron chi connectivity index (χ0n) is 7.68. The molecule has 2 rings (SSSR count). The lowest BCUT2D eigenvalue weighted by molar-refractivity contribution is -0.144. The summed E-state index contributed by atoms with van der Waals surface area (Å²) >= 11 is 0. The number of hydrogen-bond acceptors (Lipinski definition) is 4. The first-order valence-electron chi connectivity index (χ1n) is 4.59. The van der Waals surface area contributed by atoms with Crippen molar-refractivity contribution in [1.82, 2.24) is 4.98 Å². The Hall–Kier alpha value is -1.42. The Morgan fingerprint density at radius 3 is 3.21 bits per heavy atom. The summed E-state index contributed by atoms with van der Waals surface area (Å²) in [7, 11) is 0. The van der Waals surface area contributed by atoms with Crippen LogP contribution in [0.15, 0.2) is 24.5 Å². The molecule has 1 aliphatic heterocycles. The molecule has 2 heterocycles. The third-order valence-electron chi connectivity index (χ3n) is 2.05. The van der Waals surface area contributed by atoms with Gasteiger partial charge in [-0.1, -0.05) is 0 Å². The average molecular weight is 193 g/mol. The molecule has 0 aliphatic carbocycles. The minimum Gasteiger partial charge on any atom is -0.423 e. The summed E-state index contributed by atoms with van der Waals surface area (Å²) in [6.07, 6.45) is 4.41. The lowest BCUT2D eigenvalue weighted by Crippen LogP contribution is -2.24. The highest BCUT2D eigenvalue weighted by atomic mass is 16.6. The maximum absolute atomic E-state index is 11.4. The third kappa shape index (κ3) is 2.09. The van der Waals surface area contributed by atoms with E-state index in [1.54, 1.807) is 18.3 Å². The first-order valence-corrected chi connectivity index (χ1v) is 4.59. The zero-order chi connectivity index (χ0) is 9.80. The van der Waals surface area contributed by atoms with Gasteiger partial charge in [0.25, 0.3) is 0 Å². The quantitative estimate of drug-likeness (QED) is 0.661. The number of aromatic nitrogens is 1. The molecule has 74 valence electrons. The van der Waals surface area contributed by atoms with Gasteiger partial charge in [0.15, 0.2) is 6.10 Å². The van der Waals surface area contributed by atoms with Crippen molar-refractivity contribution < 1.29 is 14.3 Å². The summed E-state index contributed by atoms with van der Waals surface area (Å²) in [4.78, 5) is 15.3. The van der Waals surface area contributed by atoms with E-state index in [0.29, 0.717) is 12.4 Å². The molecule has 0 radical (unpaired) electrons. The van der Waals surface area contributed by atoms with Gasteiger partial charge in [0.1, 0.15) is 5.75 Å². The number of esters is 1. The molecule has 0 N–H and O–H groups in total. The van der Waals surface area contributed by atoms with E-state index in [1.807, 2.05) is 0 Å². The number of nitrogens with zero attached hydrogens (tertiary/aromatic N) is 1. The highest BCUT2D eigenvalue weighted by Gasteiger charge is 2.25. The molecule has 4 nitrogen and oxygen atoms in total. The topological polar surface area (TPSA) is 48.4 Å². The van der Waals surface area contributed by atoms with Gasteiger partial charge < -0.3 is 9.47 Å². The first-order chi connectivity index (χ1) is 6.86. The number of ether oxygens (including phenoxy) is 2. The molecular weight excluding hydrogens is 182 g/mol. The predicted octanol–water partition coefficient (Wildman–Crippen LogP) is 1.17. The molecule has 1 atom stereocenters. The number of carbonyl (C=O) groups is 1. The molecule has 4 heteroatoms. The van der Waals surface area contributed by atoms with Crippen LogP contribution >= 0.6 is 0 Å². The summed E-state index contributed by atoms with van der Waals surface area (Å²) in [5, 5.41) is 0. The number of rotatable bonds is 2. The second-order valence-electron chi connectivity index (χ2n) is 3.11. The fraction of sp³-hybridized carbons (Fsp3) is 0.400. The fourth-order valence-electron chi connectivity index (χ4n) is 1.35. The molecule has 0 aromatic carbocycles. The highest BCUT2D eigenvalue weighted by Crippen LogP contribution is 2.15. The number of hydrogen-bond donors (Lipinski definition) is 0. The molecule has 1 fully saturated rings. The van der Waals surface area contributed by atoms with E-state index in [9.17, 15) is 4.79 Å². The Morgan fingerprint density at radius 2 is 2.57 bits per heavy atom. The van der Waals surface area contributed by atoms with Crippen LogP contribution in [0.5, 0.6) is 5.75 Å². The lowest BCUT2D eigenvalue weighted by Gasteiger charge is -2.08. The molecule has 1 saturated heterocycles. The fourth-order valence-corrected chi connectivity index (χ4v) is 1.35. The largest absolute Gasteiger partial charge is 0.423 e. The van der Waals surface area contributed by atoms with Crippen molar-refractivity contribution in [2.45, 2.75) is 18.9 Å². The van der Waals surface area contributed by atoms with Gasteiger partial charge in [0.2, 0.25) is 0 Å². The molecule has 1 aromatic rings. The summed E-state index contributed by atoms with van der Waals surface area (Å²) in [6.45, 7) is 0.646. The minimum absolute atomic E-state index is 0.324. The monoisotopic (exact) mass is 193 g/mol. The van der Waals surface area contributed by atoms with Gasteiger partial charge in [-0.15, -0.1) is 0 Å². The van der Waals surface area contributed by atoms with E-state index in [1.165, 1.54) is 6.20 Å². The van der Waals surface area contributed by atoms with Crippen LogP contribution in [0.1, 0.15) is 12.8 Å². The predicted molar refractivity (Wildman–Crippen MR) is 48.8 cm³/mol. The van der Waals surface area contributed by atoms with Gasteiger partial charge in [-0.3, -0.25) is 4.98 Å². The SMILES string of the molecule is O=C(Oc1cccnc1)C1CCCO1. The van der Waals surface area contributed by atoms with Crippen molar-refractivity contribution in [3.05, 3.63) is 24.5 Å². The van der Waals surface area contributed by atoms with Crippen LogP contribution in [0.3, 0.4) is 0 Å². The Labute approximate surface area is 81.9 Å². The Balaban J connectivity index is 1.94. The third-order valence-corrected chi connectivity index (χ3v) is 2.05. The number of carbonyl (C=O) groups excluding carboxylic acids is 1. The summed E-state index contributed by atoms with van der Waals surface area (Å²) in [5.41, 5.74) is 0. The van der Waals surface area contributed by atoms with Crippen molar-refractivity contribution in [2.24, 2.45) is 0 Å². The Bertz CT molecular complexity index is 306. The van der Waals surface area contributed by atoms with Gasteiger partial charge in [-0.05, 0) is 25.0 Å². The molecule has 0 amide bonds. The van der Waals surface area contributed by atoms with E-state index in [4.69, 9.17) is 9.47 Å². The summed E-state index contributed by atoms with van der Waals surface area (Å²) < 4.78 is 10.3. The second kappa shape index (κ2) is 4.19. The van der Waals surface area contributed by atoms with Gasteiger partial charge in [-0.25, -0.2) is 4.79 Å². The van der Waals surface area contributed by atoms with E-state index in [0.717, 1.165) is 12.8 Å². The van der Waals surface area contributed by atoms with Gasteiger partial charge >= 0.3 is 5.97 Å². The molecule has 0 spiro atoms. The molecule has 14 heavy (non-hydrogen) atoms. The molecule has 1 aliphatic rings. The van der Waals surface area contributed by atoms with E-state index < -0.39 is 6.10 Å². The molecule has 1 aromatic heterocycles. The minimum atomic E-state index is -0.393. The van der Waals surface area contributed by atoms with E-state index >= 15 is 0 Å². The van der Waals surface area contributed by atoms with Gasteiger partial charge in [-0.2, -0.15) is 0 Å². The maximum Gasteiger partial charge on any atom is 0.340 e. The lowest BCUT2D eigenvalue weighted by atomic mass is 10.2. The second-order valence-corrected chi connectivity index (χ2v) is 3.11. The summed E-state index contributed by atoms with van der Waals surface area (Å²) in [6, 6.07) is 3.41. The molecular formula is C10H11NO3. The van der Waals surface area contributed by atoms with Gasteiger partial charge in [0, 0.05) is 12.8 Å². The summed E-state index contributed by atoms with van der Waals surface area (Å²) in [5.74, 6) is 0.142. The zero-order valence-corrected chi connectivity index (χ0v) is 7.68. The van der Waals surface area contributed by atoms with Crippen molar-refractivity contribution >= 4 is 5.97 Å². The average Bonchev–Trinajstić information content (AvgIpc) is 2.72. The van der Waals surface area contributed by atoms with Gasteiger partial charge in [0.05, 0.1) is 6.20 Å². The van der Waals surface area contributed by atoms with Crippen LogP contribution in [-0.4, -0.2) is 23.7 Å². The maximum atomic E-state index is 11.4. The first kappa shape index (κ1) is 9.15. The van der Waals surface area contributed by atoms with Crippen molar-refractivity contribution in [3.8, 4) is 5.75 Å². The normalized spacial score (nSPS) is 20.7. The van der Waals surface area contributed by atoms with Crippen LogP contribution in [0.2, 0.25) is 0 Å².